The molecule has 0 spiro atoms. The largest absolute Gasteiger partial charge is 0.493 e. The number of ether oxygens (including phenoxy) is 2. The van der Waals surface area contributed by atoms with Gasteiger partial charge in [0.2, 0.25) is 0 Å². The van der Waals surface area contributed by atoms with Crippen LogP contribution in [0, 0.1) is 0 Å². The highest BCUT2D eigenvalue weighted by molar-refractivity contribution is 6.31. The van der Waals surface area contributed by atoms with Crippen LogP contribution >= 0.6 is 23.2 Å². The Morgan fingerprint density at radius 3 is 2.32 bits per heavy atom. The zero-order valence-electron chi connectivity index (χ0n) is 17.7. The number of carboxylic acid groups (broad SMARTS) is 1. The molecular weight excluding hydrogens is 498 g/mol. The van der Waals surface area contributed by atoms with Crippen LogP contribution in [0.3, 0.4) is 0 Å². The quantitative estimate of drug-likeness (QED) is 0.352. The fraction of sp³-hybridized carbons (Fsp3) is 0.217. The molecular formula is C23H18Cl2F3NO5. The molecule has 3 rings (SSSR count). The van der Waals surface area contributed by atoms with Crippen LogP contribution < -0.4 is 9.47 Å². The van der Waals surface area contributed by atoms with Crippen molar-refractivity contribution in [2.75, 3.05) is 7.11 Å². The number of halogens is 5. The normalized spacial score (nSPS) is 14.2. The minimum absolute atomic E-state index is 0.00923. The first kappa shape index (κ1) is 25.6. The zero-order chi connectivity index (χ0) is 25.3. The Kier molecular flexibility index (Phi) is 7.30. The Morgan fingerprint density at radius 2 is 1.76 bits per heavy atom. The average molecular weight is 516 g/mol. The van der Waals surface area contributed by atoms with Gasteiger partial charge in [0, 0.05) is 17.1 Å². The summed E-state index contributed by atoms with van der Waals surface area (Å²) in [6, 6.07) is 9.90. The minimum Gasteiger partial charge on any atom is -0.493 e. The van der Waals surface area contributed by atoms with Gasteiger partial charge in [0.25, 0.3) is 0 Å². The summed E-state index contributed by atoms with van der Waals surface area (Å²) in [5.74, 6) is -2.22. The minimum atomic E-state index is -5.06. The molecule has 2 atom stereocenters. The van der Waals surface area contributed by atoms with Crippen molar-refractivity contribution in [3.8, 4) is 17.2 Å². The van der Waals surface area contributed by atoms with Crippen LogP contribution in [0.25, 0.3) is 0 Å². The first-order valence-corrected chi connectivity index (χ1v) is 10.4. The Balaban J connectivity index is 1.97. The lowest BCUT2D eigenvalue weighted by molar-refractivity contribution is -0.274. The molecule has 0 aliphatic carbocycles. The van der Waals surface area contributed by atoms with Crippen LogP contribution in [-0.4, -0.2) is 34.5 Å². The van der Waals surface area contributed by atoms with Gasteiger partial charge in [-0.25, -0.2) is 9.78 Å². The van der Waals surface area contributed by atoms with Gasteiger partial charge in [-0.2, -0.15) is 13.2 Å². The molecule has 0 aliphatic heterocycles. The van der Waals surface area contributed by atoms with Crippen molar-refractivity contribution in [3.05, 3.63) is 81.6 Å². The van der Waals surface area contributed by atoms with Crippen molar-refractivity contribution in [2.45, 2.75) is 24.6 Å². The molecule has 180 valence electrons. The number of nitrogens with zero attached hydrogens (tertiary/aromatic N) is 1. The fourth-order valence-electron chi connectivity index (χ4n) is 3.46. The number of hydrogen-bond acceptors (Lipinski definition) is 5. The number of hydrogen-bond donors (Lipinski definition) is 2. The van der Waals surface area contributed by atoms with Crippen LogP contribution in [0.1, 0.15) is 34.3 Å². The van der Waals surface area contributed by atoms with Crippen molar-refractivity contribution in [2.24, 2.45) is 0 Å². The summed E-state index contributed by atoms with van der Waals surface area (Å²) < 4.78 is 53.1. The summed E-state index contributed by atoms with van der Waals surface area (Å²) in [7, 11) is 1.33. The third-order valence-corrected chi connectivity index (χ3v) is 5.84. The maximum atomic E-state index is 14.1. The lowest BCUT2D eigenvalue weighted by Gasteiger charge is -2.37. The van der Waals surface area contributed by atoms with E-state index in [2.05, 4.69) is 4.98 Å². The van der Waals surface area contributed by atoms with Gasteiger partial charge >= 0.3 is 12.1 Å². The first-order chi connectivity index (χ1) is 15.9. The van der Waals surface area contributed by atoms with E-state index in [1.165, 1.54) is 50.4 Å². The van der Waals surface area contributed by atoms with Crippen molar-refractivity contribution < 1.29 is 37.7 Å². The summed E-state index contributed by atoms with van der Waals surface area (Å²) in [5.41, 5.74) is -3.79. The Labute approximate surface area is 202 Å². The van der Waals surface area contributed by atoms with Gasteiger partial charge in [-0.15, -0.1) is 0 Å². The molecule has 2 N–H and O–H groups in total. The zero-order valence-corrected chi connectivity index (χ0v) is 19.2. The van der Waals surface area contributed by atoms with E-state index in [1.807, 2.05) is 0 Å². The van der Waals surface area contributed by atoms with Crippen LogP contribution in [0.5, 0.6) is 17.2 Å². The number of aromatic nitrogens is 1. The second-order valence-corrected chi connectivity index (χ2v) is 8.10. The topological polar surface area (TPSA) is 88.9 Å². The summed E-state index contributed by atoms with van der Waals surface area (Å²) in [4.78, 5) is 14.8. The first-order valence-electron chi connectivity index (χ1n) is 9.68. The molecule has 6 nitrogen and oxygen atoms in total. The Hall–Kier alpha value is -3.01. The van der Waals surface area contributed by atoms with Crippen LogP contribution in [0.15, 0.2) is 54.7 Å². The molecule has 0 saturated heterocycles. The van der Waals surface area contributed by atoms with Crippen molar-refractivity contribution >= 4 is 29.2 Å². The van der Waals surface area contributed by atoms with E-state index in [0.29, 0.717) is 0 Å². The van der Waals surface area contributed by atoms with Gasteiger partial charge in [0.15, 0.2) is 17.1 Å². The van der Waals surface area contributed by atoms with Gasteiger partial charge in [-0.05, 0) is 53.6 Å². The predicted octanol–water partition coefficient (Wildman–Crippen LogP) is 6.44. The number of aliphatic hydroxyl groups is 1. The van der Waals surface area contributed by atoms with Gasteiger partial charge in [-0.1, -0.05) is 36.2 Å². The number of carbonyl (C=O) groups is 1. The van der Waals surface area contributed by atoms with Crippen LogP contribution in [0.2, 0.25) is 10.2 Å². The molecule has 0 aliphatic rings. The lowest BCUT2D eigenvalue weighted by Crippen LogP contribution is -2.46. The summed E-state index contributed by atoms with van der Waals surface area (Å²) in [5, 5.41) is 19.7. The SMILES string of the molecule is COc1cc(C(=O)O)ccc1Oc1ccc([C@@H](C)[C@@](O)(c2ccnc(Cl)c2)C(F)(F)F)c(Cl)c1. The molecule has 11 heteroatoms. The highest BCUT2D eigenvalue weighted by Crippen LogP contribution is 2.50. The molecule has 0 fully saturated rings. The van der Waals surface area contributed by atoms with E-state index in [4.69, 9.17) is 37.8 Å². The second kappa shape index (κ2) is 9.69. The fourth-order valence-corrected chi connectivity index (χ4v) is 3.97. The number of benzene rings is 2. The summed E-state index contributed by atoms with van der Waals surface area (Å²) >= 11 is 12.1. The lowest BCUT2D eigenvalue weighted by atomic mass is 9.78. The van der Waals surface area contributed by atoms with Gasteiger partial charge < -0.3 is 19.7 Å². The van der Waals surface area contributed by atoms with Crippen molar-refractivity contribution in [1.82, 2.24) is 4.98 Å². The average Bonchev–Trinajstić information content (AvgIpc) is 2.77. The van der Waals surface area contributed by atoms with E-state index in [1.54, 1.807) is 0 Å². The van der Waals surface area contributed by atoms with Crippen molar-refractivity contribution in [1.29, 1.82) is 0 Å². The van der Waals surface area contributed by atoms with Crippen LogP contribution in [-0.2, 0) is 5.60 Å². The molecule has 0 amide bonds. The number of methoxy groups -OCH3 is 1. The maximum absolute atomic E-state index is 14.1. The van der Waals surface area contributed by atoms with E-state index in [0.717, 1.165) is 18.3 Å². The number of pyridine rings is 1. The molecule has 0 unspecified atom stereocenters. The van der Waals surface area contributed by atoms with Crippen molar-refractivity contribution in [3.63, 3.8) is 0 Å². The molecule has 0 radical (unpaired) electrons. The molecule has 0 saturated carbocycles. The Bertz CT molecular complexity index is 1220. The van der Waals surface area contributed by atoms with Crippen LogP contribution in [0.4, 0.5) is 13.2 Å². The van der Waals surface area contributed by atoms with Gasteiger partial charge in [-0.3, -0.25) is 0 Å². The van der Waals surface area contributed by atoms with E-state index in [9.17, 15) is 23.1 Å². The number of aromatic carboxylic acids is 1. The number of alkyl halides is 3. The summed E-state index contributed by atoms with van der Waals surface area (Å²) in [6.07, 6.45) is -3.99. The third-order valence-electron chi connectivity index (χ3n) is 5.30. The van der Waals surface area contributed by atoms with E-state index in [-0.39, 0.29) is 38.6 Å². The molecule has 34 heavy (non-hydrogen) atoms. The molecule has 2 aromatic carbocycles. The third kappa shape index (κ3) is 4.91. The second-order valence-electron chi connectivity index (χ2n) is 7.31. The summed E-state index contributed by atoms with van der Waals surface area (Å²) in [6.45, 7) is 1.19. The highest BCUT2D eigenvalue weighted by Gasteiger charge is 2.59. The molecule has 3 aromatic rings. The monoisotopic (exact) mass is 515 g/mol. The highest BCUT2D eigenvalue weighted by atomic mass is 35.5. The maximum Gasteiger partial charge on any atom is 0.422 e. The number of carboxylic acids is 1. The molecule has 0 bridgehead atoms. The van der Waals surface area contributed by atoms with Gasteiger partial charge in [0.1, 0.15) is 10.9 Å². The molecule has 1 heterocycles. The van der Waals surface area contributed by atoms with E-state index < -0.39 is 29.2 Å². The molecule has 1 aromatic heterocycles. The Morgan fingerprint density at radius 1 is 1.06 bits per heavy atom. The number of rotatable bonds is 7. The predicted molar refractivity (Wildman–Crippen MR) is 119 cm³/mol. The van der Waals surface area contributed by atoms with E-state index >= 15 is 0 Å². The smallest absolute Gasteiger partial charge is 0.422 e. The van der Waals surface area contributed by atoms with Gasteiger partial charge in [0.05, 0.1) is 12.7 Å². The standard InChI is InChI=1S/C23H18Cl2F3NO5/c1-12(22(32,23(26,27)28)14-7-8-29-20(25)10-14)16-5-4-15(11-17(16)24)34-18-6-3-13(21(30)31)9-19(18)33-2/h3-12,32H,1-2H3,(H,30,31)/t12-,22-/m1/s1.